The molecule has 0 spiro atoms. The minimum atomic E-state index is -4.70. The molecule has 1 aromatic rings. The lowest BCUT2D eigenvalue weighted by atomic mass is 10.0. The van der Waals surface area contributed by atoms with Crippen LogP contribution >= 0.6 is 0 Å². The average Bonchev–Trinajstić information content (AvgIpc) is 2.76. The van der Waals surface area contributed by atoms with Gasteiger partial charge in [0.25, 0.3) is 0 Å². The lowest BCUT2D eigenvalue weighted by Gasteiger charge is -2.20. The van der Waals surface area contributed by atoms with Crippen LogP contribution < -0.4 is 9.03 Å². The third-order valence-electron chi connectivity index (χ3n) is 2.97. The number of hydrogen-bond donors (Lipinski definition) is 2. The van der Waals surface area contributed by atoms with Gasteiger partial charge in [-0.25, -0.2) is 0 Å². The molecular weight excluding hydrogens is 313 g/mol. The van der Waals surface area contributed by atoms with E-state index < -0.39 is 41.4 Å². The molecule has 1 unspecified atom stereocenters. The number of anilines is 1. The van der Waals surface area contributed by atoms with Gasteiger partial charge in [-0.2, -0.15) is 26.3 Å². The van der Waals surface area contributed by atoms with E-state index in [4.69, 9.17) is 5.11 Å². The number of aliphatic carboxylic acids is 1. The van der Waals surface area contributed by atoms with E-state index in [-0.39, 0.29) is 11.3 Å². The maximum Gasteiger partial charge on any atom is 0.402 e. The summed E-state index contributed by atoms with van der Waals surface area (Å²) in [5, 5.41) is 9.08. The molecule has 6 nitrogen and oxygen atoms in total. The highest BCUT2D eigenvalue weighted by molar-refractivity contribution is 7.90. The molecule has 2 rings (SSSR count). The fourth-order valence-corrected chi connectivity index (χ4v) is 3.33. The summed E-state index contributed by atoms with van der Waals surface area (Å²) in [5.41, 5.74) is 0.321. The summed E-state index contributed by atoms with van der Waals surface area (Å²) in [6.45, 7) is -2.16. The van der Waals surface area contributed by atoms with Gasteiger partial charge in [-0.15, -0.1) is 0 Å². The Kier molecular flexibility index (Phi) is 3.85. The molecule has 1 aliphatic heterocycles. The third kappa shape index (κ3) is 3.27. The molecule has 21 heavy (non-hydrogen) atoms. The fourth-order valence-electron chi connectivity index (χ4n) is 2.06. The van der Waals surface area contributed by atoms with Crippen LogP contribution in [0.1, 0.15) is 11.5 Å². The van der Waals surface area contributed by atoms with Crippen molar-refractivity contribution in [2.75, 3.05) is 17.4 Å². The minimum Gasteiger partial charge on any atom is -0.481 e. The number of alkyl halides is 3. The first-order valence-corrected chi connectivity index (χ1v) is 7.21. The van der Waals surface area contributed by atoms with Crippen LogP contribution in [0.25, 0.3) is 0 Å². The lowest BCUT2D eigenvalue weighted by molar-refractivity contribution is -0.138. The molecule has 0 aromatic heterocycles. The van der Waals surface area contributed by atoms with Crippen LogP contribution in [-0.2, 0) is 15.0 Å². The molecule has 1 aliphatic rings. The van der Waals surface area contributed by atoms with Crippen LogP contribution in [-0.4, -0.2) is 38.8 Å². The number of para-hydroxylation sites is 1. The van der Waals surface area contributed by atoms with Crippen molar-refractivity contribution in [3.05, 3.63) is 29.8 Å². The Balaban J connectivity index is 2.31. The zero-order chi connectivity index (χ0) is 15.8. The Hall–Kier alpha value is -1.81. The number of carbonyl (C=O) groups is 1. The maximum atomic E-state index is 12.1. The second-order valence-electron chi connectivity index (χ2n) is 4.42. The number of carboxylic acids is 1. The molecule has 2 N–H and O–H groups in total. The number of hydrogen-bond acceptors (Lipinski definition) is 3. The number of carboxylic acid groups (broad SMARTS) is 1. The quantitative estimate of drug-likeness (QED) is 0.867. The van der Waals surface area contributed by atoms with Gasteiger partial charge in [-0.3, -0.25) is 9.10 Å². The molecule has 116 valence electrons. The van der Waals surface area contributed by atoms with Crippen LogP contribution in [0.4, 0.5) is 18.9 Å². The molecule has 1 atom stereocenters. The van der Waals surface area contributed by atoms with Gasteiger partial charge in [-0.05, 0) is 11.6 Å². The van der Waals surface area contributed by atoms with Crippen molar-refractivity contribution in [2.45, 2.75) is 12.1 Å². The van der Waals surface area contributed by atoms with Gasteiger partial charge in [0.2, 0.25) is 0 Å². The summed E-state index contributed by atoms with van der Waals surface area (Å²) >= 11 is 0. The molecule has 0 aliphatic carbocycles. The second kappa shape index (κ2) is 5.19. The first-order chi connectivity index (χ1) is 9.62. The van der Waals surface area contributed by atoms with E-state index >= 15 is 0 Å². The van der Waals surface area contributed by atoms with Crippen molar-refractivity contribution in [1.82, 2.24) is 4.72 Å². The van der Waals surface area contributed by atoms with Crippen molar-refractivity contribution in [2.24, 2.45) is 0 Å². The topological polar surface area (TPSA) is 86.7 Å². The normalized spacial score (nSPS) is 18.6. The highest BCUT2D eigenvalue weighted by Crippen LogP contribution is 2.37. The molecular formula is C11H11F3N2O4S. The Labute approximate surface area is 118 Å². The van der Waals surface area contributed by atoms with E-state index in [1.165, 1.54) is 29.0 Å². The fraction of sp³-hybridized carbons (Fsp3) is 0.364. The number of nitrogens with zero attached hydrogens (tertiary/aromatic N) is 1. The lowest BCUT2D eigenvalue weighted by Crippen LogP contribution is -2.44. The van der Waals surface area contributed by atoms with Crippen LogP contribution in [0.5, 0.6) is 0 Å². The van der Waals surface area contributed by atoms with E-state index in [1.54, 1.807) is 0 Å². The average molecular weight is 324 g/mol. The van der Waals surface area contributed by atoms with E-state index in [0.717, 1.165) is 0 Å². The van der Waals surface area contributed by atoms with Gasteiger partial charge in [0.05, 0.1) is 12.2 Å². The number of halogens is 3. The van der Waals surface area contributed by atoms with Crippen molar-refractivity contribution in [1.29, 1.82) is 0 Å². The summed E-state index contributed by atoms with van der Waals surface area (Å²) < 4.78 is 62.3. The summed E-state index contributed by atoms with van der Waals surface area (Å²) in [6, 6.07) is 5.81. The van der Waals surface area contributed by atoms with Crippen molar-refractivity contribution >= 4 is 21.9 Å². The SMILES string of the molecule is O=C(O)C1CN(S(=O)(=O)NCC(F)(F)F)c2ccccc21. The Bertz CT molecular complexity index is 660. The van der Waals surface area contributed by atoms with E-state index in [9.17, 15) is 26.4 Å². The molecule has 1 heterocycles. The van der Waals surface area contributed by atoms with E-state index in [0.29, 0.717) is 4.31 Å². The molecule has 10 heteroatoms. The summed E-state index contributed by atoms with van der Waals surface area (Å²) in [7, 11) is -4.47. The van der Waals surface area contributed by atoms with Crippen LogP contribution in [0.3, 0.4) is 0 Å². The van der Waals surface area contributed by atoms with Crippen LogP contribution in [0, 0.1) is 0 Å². The third-order valence-corrected chi connectivity index (χ3v) is 4.41. The molecule has 0 amide bonds. The standard InChI is InChI=1S/C11H11F3N2O4S/c12-11(13,14)6-15-21(19,20)16-5-8(10(17)18)7-3-1-2-4-9(7)16/h1-4,8,15H,5-6H2,(H,17,18). The van der Waals surface area contributed by atoms with E-state index in [2.05, 4.69) is 0 Å². The first-order valence-electron chi connectivity index (χ1n) is 5.77. The summed E-state index contributed by atoms with van der Waals surface area (Å²) in [5.74, 6) is -2.35. The van der Waals surface area contributed by atoms with Crippen LogP contribution in [0.2, 0.25) is 0 Å². The zero-order valence-electron chi connectivity index (χ0n) is 10.5. The number of fused-ring (bicyclic) bond motifs is 1. The Morgan fingerprint density at radius 1 is 1.38 bits per heavy atom. The number of nitrogens with one attached hydrogen (secondary N) is 1. The summed E-state index contributed by atoms with van der Waals surface area (Å²) in [4.78, 5) is 11.1. The molecule has 0 saturated heterocycles. The van der Waals surface area contributed by atoms with Gasteiger partial charge in [0.15, 0.2) is 0 Å². The van der Waals surface area contributed by atoms with Gasteiger partial charge >= 0.3 is 22.4 Å². The number of benzene rings is 1. The van der Waals surface area contributed by atoms with E-state index in [1.807, 2.05) is 0 Å². The predicted octanol–water partition coefficient (Wildman–Crippen LogP) is 1.07. The largest absolute Gasteiger partial charge is 0.481 e. The number of rotatable bonds is 4. The van der Waals surface area contributed by atoms with Gasteiger partial charge in [0.1, 0.15) is 12.5 Å². The smallest absolute Gasteiger partial charge is 0.402 e. The highest BCUT2D eigenvalue weighted by atomic mass is 32.2. The highest BCUT2D eigenvalue weighted by Gasteiger charge is 2.40. The molecule has 1 aromatic carbocycles. The monoisotopic (exact) mass is 324 g/mol. The second-order valence-corrected chi connectivity index (χ2v) is 6.10. The predicted molar refractivity (Wildman–Crippen MR) is 67.1 cm³/mol. The molecule has 0 bridgehead atoms. The van der Waals surface area contributed by atoms with Crippen LogP contribution in [0.15, 0.2) is 24.3 Å². The van der Waals surface area contributed by atoms with Crippen molar-refractivity contribution in [3.8, 4) is 0 Å². The molecule has 0 saturated carbocycles. The summed E-state index contributed by atoms with van der Waals surface area (Å²) in [6.07, 6.45) is -4.70. The van der Waals surface area contributed by atoms with Gasteiger partial charge in [0, 0.05) is 0 Å². The first kappa shape index (κ1) is 15.6. The maximum absolute atomic E-state index is 12.1. The molecule has 0 fully saturated rings. The molecule has 0 radical (unpaired) electrons. The van der Waals surface area contributed by atoms with Crippen molar-refractivity contribution in [3.63, 3.8) is 0 Å². The van der Waals surface area contributed by atoms with Crippen molar-refractivity contribution < 1.29 is 31.5 Å². The van der Waals surface area contributed by atoms with Gasteiger partial charge in [-0.1, -0.05) is 18.2 Å². The Morgan fingerprint density at radius 3 is 2.57 bits per heavy atom. The van der Waals surface area contributed by atoms with Gasteiger partial charge < -0.3 is 5.11 Å². The minimum absolute atomic E-state index is 0.0691. The zero-order valence-corrected chi connectivity index (χ0v) is 11.3. The Morgan fingerprint density at radius 2 is 2.00 bits per heavy atom.